The highest BCUT2D eigenvalue weighted by molar-refractivity contribution is 7.90. The maximum atomic E-state index is 12.9. The molecule has 0 radical (unpaired) electrons. The van der Waals surface area contributed by atoms with Crippen molar-refractivity contribution in [2.75, 3.05) is 30.3 Å². The average molecular weight is 640 g/mol. The molecule has 1 aliphatic carbocycles. The van der Waals surface area contributed by atoms with Crippen LogP contribution in [0.15, 0.2) is 55.2 Å². The summed E-state index contributed by atoms with van der Waals surface area (Å²) in [6.45, 7) is 4.29. The van der Waals surface area contributed by atoms with Crippen molar-refractivity contribution in [1.29, 1.82) is 0 Å². The Hall–Kier alpha value is -4.08. The molecule has 45 heavy (non-hydrogen) atoms. The molecule has 1 saturated heterocycles. The summed E-state index contributed by atoms with van der Waals surface area (Å²) in [4.78, 5) is 19.8. The first-order valence-electron chi connectivity index (χ1n) is 14.8. The minimum Gasteiger partial charge on any atom is -0.386 e. The Balaban J connectivity index is 1.24. The number of rotatable bonds is 11. The lowest BCUT2D eigenvalue weighted by Gasteiger charge is -2.33. The number of alkyl halides is 2. The number of hydrogen-bond donors (Lipinski definition) is 3. The van der Waals surface area contributed by atoms with Crippen LogP contribution in [0.1, 0.15) is 45.1 Å². The number of pyridine rings is 2. The van der Waals surface area contributed by atoms with E-state index in [1.807, 2.05) is 18.2 Å². The normalized spacial score (nSPS) is 16.7. The monoisotopic (exact) mass is 639 g/mol. The summed E-state index contributed by atoms with van der Waals surface area (Å²) in [5.41, 5.74) is 2.25. The molecule has 15 heteroatoms. The third-order valence-corrected chi connectivity index (χ3v) is 9.96. The number of halogens is 2. The van der Waals surface area contributed by atoms with Crippen LogP contribution >= 0.6 is 0 Å². The number of nitrogens with one attached hydrogen (secondary N) is 2. The molecule has 1 aliphatic heterocycles. The maximum Gasteiger partial charge on any atom is 0.256 e. The highest BCUT2D eigenvalue weighted by Crippen LogP contribution is 2.33. The molecule has 6 rings (SSSR count). The quantitative estimate of drug-likeness (QED) is 0.216. The molecule has 0 atom stereocenters. The Kier molecular flexibility index (Phi) is 8.50. The Labute approximate surface area is 260 Å². The Bertz CT molecular complexity index is 1750. The highest BCUT2D eigenvalue weighted by Gasteiger charge is 2.37. The molecule has 0 bridgehead atoms. The van der Waals surface area contributed by atoms with E-state index in [2.05, 4.69) is 35.7 Å². The van der Waals surface area contributed by atoms with Crippen LogP contribution in [0.3, 0.4) is 0 Å². The molecule has 4 aromatic rings. The van der Waals surface area contributed by atoms with Crippen molar-refractivity contribution in [2.45, 2.75) is 62.8 Å². The number of piperidine rings is 1. The zero-order valence-corrected chi connectivity index (χ0v) is 25.8. The van der Waals surface area contributed by atoms with Crippen LogP contribution in [0.25, 0.3) is 22.6 Å². The van der Waals surface area contributed by atoms with Crippen LogP contribution in [-0.2, 0) is 15.6 Å². The maximum absolute atomic E-state index is 12.9. The molecule has 0 unspecified atom stereocenters. The van der Waals surface area contributed by atoms with Crippen LogP contribution in [0, 0.1) is 0 Å². The first kappa shape index (κ1) is 30.9. The molecule has 0 spiro atoms. The average Bonchev–Trinajstić information content (AvgIpc) is 3.75. The molecule has 0 aromatic carbocycles. The molecule has 12 nitrogen and oxygen atoms in total. The number of aliphatic hydroxyl groups is 1. The fraction of sp³-hybridized carbons (Fsp3) is 0.433. The summed E-state index contributed by atoms with van der Waals surface area (Å²) in [6.07, 6.45) is 8.04. The van der Waals surface area contributed by atoms with E-state index in [1.54, 1.807) is 43.4 Å². The highest BCUT2D eigenvalue weighted by atomic mass is 32.2. The smallest absolute Gasteiger partial charge is 0.256 e. The van der Waals surface area contributed by atoms with E-state index in [1.165, 1.54) is 12.4 Å². The molecule has 5 heterocycles. The van der Waals surface area contributed by atoms with Crippen molar-refractivity contribution < 1.29 is 22.3 Å². The first-order valence-corrected chi connectivity index (χ1v) is 16.3. The second kappa shape index (κ2) is 12.4. The Morgan fingerprint density at radius 3 is 2.47 bits per heavy atom. The third-order valence-electron chi connectivity index (χ3n) is 7.93. The van der Waals surface area contributed by atoms with Gasteiger partial charge in [-0.1, -0.05) is 6.07 Å². The molecule has 238 valence electrons. The van der Waals surface area contributed by atoms with E-state index in [9.17, 15) is 22.3 Å². The zero-order valence-electron chi connectivity index (χ0n) is 24.9. The van der Waals surface area contributed by atoms with Gasteiger partial charge < -0.3 is 15.7 Å². The fourth-order valence-corrected chi connectivity index (χ4v) is 6.69. The van der Waals surface area contributed by atoms with E-state index in [0.29, 0.717) is 73.1 Å². The molecular weight excluding hydrogens is 604 g/mol. The van der Waals surface area contributed by atoms with Crippen LogP contribution < -0.4 is 10.6 Å². The second-order valence-corrected chi connectivity index (χ2v) is 14.0. The van der Waals surface area contributed by atoms with Gasteiger partial charge in [0.05, 0.1) is 41.0 Å². The molecule has 0 amide bonds. The SMILES string of the molecule is CC(C)(O)c1ccc(-c2cnc(Nc3ccnc(-c4cnn(S(=O)(=O)C5CC5)c4)n3)cc2NC2CCN(CC(F)F)CC2)nc1. The van der Waals surface area contributed by atoms with Gasteiger partial charge in [-0.3, -0.25) is 9.88 Å². The van der Waals surface area contributed by atoms with E-state index in [4.69, 9.17) is 0 Å². The predicted octanol–water partition coefficient (Wildman–Crippen LogP) is 4.25. The Morgan fingerprint density at radius 2 is 1.80 bits per heavy atom. The van der Waals surface area contributed by atoms with E-state index in [0.717, 1.165) is 15.3 Å². The number of likely N-dealkylation sites (tertiary alicyclic amines) is 1. The molecule has 1 saturated carbocycles. The van der Waals surface area contributed by atoms with E-state index < -0.39 is 27.3 Å². The predicted molar refractivity (Wildman–Crippen MR) is 166 cm³/mol. The fourth-order valence-electron chi connectivity index (χ4n) is 5.21. The second-order valence-electron chi connectivity index (χ2n) is 12.0. The number of nitrogens with zero attached hydrogens (tertiary/aromatic N) is 7. The standard InChI is InChI=1S/C30H35F2N9O3S/c1-30(2,42)20-3-6-24(34-15-20)23-16-35-28(13-25(23)37-21-8-11-40(12-9-21)18-26(31)32)38-27-7-10-33-29(39-27)19-14-36-41(17-19)45(43,44)22-4-5-22/h3,6-7,10,13-17,21-22,26,42H,4-5,8-9,11-12,18H2,1-2H3,(H2,33,35,37,38,39). The molecule has 4 aromatic heterocycles. The Morgan fingerprint density at radius 1 is 1.02 bits per heavy atom. The van der Waals surface area contributed by atoms with Gasteiger partial charge in [0.2, 0.25) is 0 Å². The summed E-state index contributed by atoms with van der Waals surface area (Å²) >= 11 is 0. The van der Waals surface area contributed by atoms with Crippen LogP contribution in [-0.4, -0.2) is 84.9 Å². The minimum absolute atomic E-state index is 0.0534. The number of anilines is 3. The lowest BCUT2D eigenvalue weighted by Crippen LogP contribution is -2.41. The van der Waals surface area contributed by atoms with Crippen LogP contribution in [0.5, 0.6) is 0 Å². The van der Waals surface area contributed by atoms with Gasteiger partial charge >= 0.3 is 0 Å². The number of aromatic nitrogens is 6. The topological polar surface area (TPSA) is 151 Å². The first-order chi connectivity index (χ1) is 21.5. The van der Waals surface area contributed by atoms with Gasteiger partial charge in [0, 0.05) is 60.6 Å². The summed E-state index contributed by atoms with van der Waals surface area (Å²) in [6, 6.07) is 7.22. The summed E-state index contributed by atoms with van der Waals surface area (Å²) in [7, 11) is -3.51. The molecule has 2 aliphatic rings. The van der Waals surface area contributed by atoms with Gasteiger partial charge in [0.15, 0.2) is 5.82 Å². The molecular formula is C30H35F2N9O3S. The third kappa shape index (κ3) is 7.26. The molecule has 3 N–H and O–H groups in total. The zero-order chi connectivity index (χ0) is 31.8. The van der Waals surface area contributed by atoms with Gasteiger partial charge in [-0.2, -0.15) is 9.19 Å². The largest absolute Gasteiger partial charge is 0.386 e. The van der Waals surface area contributed by atoms with Crippen molar-refractivity contribution in [3.63, 3.8) is 0 Å². The van der Waals surface area contributed by atoms with Crippen molar-refractivity contribution in [3.8, 4) is 22.6 Å². The lowest BCUT2D eigenvalue weighted by atomic mass is 9.99. The van der Waals surface area contributed by atoms with E-state index >= 15 is 0 Å². The summed E-state index contributed by atoms with van der Waals surface area (Å²) in [5, 5.41) is 20.8. The van der Waals surface area contributed by atoms with Crippen molar-refractivity contribution in [1.82, 2.24) is 34.0 Å². The van der Waals surface area contributed by atoms with Gasteiger partial charge in [0.1, 0.15) is 11.6 Å². The van der Waals surface area contributed by atoms with Crippen LogP contribution in [0.2, 0.25) is 0 Å². The molecule has 2 fully saturated rings. The summed E-state index contributed by atoms with van der Waals surface area (Å²) in [5.74, 6) is 1.23. The van der Waals surface area contributed by atoms with Crippen LogP contribution in [0.4, 0.5) is 26.1 Å². The van der Waals surface area contributed by atoms with Gasteiger partial charge in [-0.05, 0) is 51.7 Å². The number of hydrogen-bond acceptors (Lipinski definition) is 11. The van der Waals surface area contributed by atoms with Crippen molar-refractivity contribution >= 4 is 27.3 Å². The van der Waals surface area contributed by atoms with Gasteiger partial charge in [0.25, 0.3) is 16.4 Å². The van der Waals surface area contributed by atoms with Crippen molar-refractivity contribution in [2.24, 2.45) is 0 Å². The van der Waals surface area contributed by atoms with Crippen molar-refractivity contribution in [3.05, 3.63) is 60.8 Å². The minimum atomic E-state index is -3.51. The summed E-state index contributed by atoms with van der Waals surface area (Å²) < 4.78 is 51.9. The lowest BCUT2D eigenvalue weighted by molar-refractivity contribution is 0.0768. The van der Waals surface area contributed by atoms with E-state index in [-0.39, 0.29) is 12.6 Å². The van der Waals surface area contributed by atoms with Gasteiger partial charge in [-0.25, -0.2) is 32.2 Å². The van der Waals surface area contributed by atoms with Gasteiger partial charge in [-0.15, -0.1) is 0 Å².